The molecule has 0 saturated carbocycles. The van der Waals surface area contributed by atoms with Crippen molar-refractivity contribution < 1.29 is 0 Å². The third kappa shape index (κ3) is 3.10. The predicted molar refractivity (Wildman–Crippen MR) is 59.1 cm³/mol. The van der Waals surface area contributed by atoms with Crippen LogP contribution in [0.15, 0.2) is 24.3 Å². The Morgan fingerprint density at radius 2 is 2.00 bits per heavy atom. The van der Waals surface area contributed by atoms with Gasteiger partial charge in [-0.25, -0.2) is 0 Å². The number of benzene rings is 1. The maximum Gasteiger partial charge on any atom is 0.0643 e. The van der Waals surface area contributed by atoms with Crippen LogP contribution in [0.4, 0.5) is 5.69 Å². The fourth-order valence-electron chi connectivity index (χ4n) is 1.29. The minimum Gasteiger partial charge on any atom is -0.381 e. The highest BCUT2D eigenvalue weighted by atomic mass is 14.9. The fraction of sp³-hybridized carbons (Fsp3) is 0.417. The van der Waals surface area contributed by atoms with Gasteiger partial charge in [-0.15, -0.1) is 0 Å². The molecule has 0 unspecified atom stereocenters. The van der Waals surface area contributed by atoms with Crippen molar-refractivity contribution >= 4 is 5.69 Å². The summed E-state index contributed by atoms with van der Waals surface area (Å²) >= 11 is 0. The maximum atomic E-state index is 8.60. The van der Waals surface area contributed by atoms with Crippen LogP contribution in [0.1, 0.15) is 25.3 Å². The molecule has 2 heteroatoms. The van der Waals surface area contributed by atoms with E-state index in [1.807, 2.05) is 0 Å². The Bertz CT molecular complexity index is 308. The first-order valence-corrected chi connectivity index (χ1v) is 4.96. The van der Waals surface area contributed by atoms with Gasteiger partial charge in [-0.2, -0.15) is 5.26 Å². The molecule has 1 aromatic carbocycles. The lowest BCUT2D eigenvalue weighted by Gasteiger charge is -2.14. The summed E-state index contributed by atoms with van der Waals surface area (Å²) in [5, 5.41) is 11.9. The first-order chi connectivity index (χ1) is 6.76. The molecule has 1 rings (SSSR count). The molecular weight excluding hydrogens is 172 g/mol. The van der Waals surface area contributed by atoms with E-state index in [9.17, 15) is 0 Å². The number of aryl methyl sites for hydroxylation is 1. The lowest BCUT2D eigenvalue weighted by Crippen LogP contribution is -2.17. The predicted octanol–water partition coefficient (Wildman–Crippen LogP) is 3.10. The maximum absolute atomic E-state index is 8.60. The van der Waals surface area contributed by atoms with Gasteiger partial charge in [0.05, 0.1) is 12.5 Å². The first-order valence-electron chi connectivity index (χ1n) is 4.96. The summed E-state index contributed by atoms with van der Waals surface area (Å²) < 4.78 is 0. The van der Waals surface area contributed by atoms with Crippen molar-refractivity contribution in [3.05, 3.63) is 29.8 Å². The van der Waals surface area contributed by atoms with Gasteiger partial charge < -0.3 is 5.32 Å². The van der Waals surface area contributed by atoms with E-state index in [0.717, 1.165) is 12.1 Å². The summed E-state index contributed by atoms with van der Waals surface area (Å²) in [5.74, 6) is 0. The van der Waals surface area contributed by atoms with Crippen LogP contribution in [-0.2, 0) is 0 Å². The third-order valence-corrected chi connectivity index (χ3v) is 2.25. The molecule has 0 aliphatic carbocycles. The third-order valence-electron chi connectivity index (χ3n) is 2.25. The molecule has 1 aromatic rings. The monoisotopic (exact) mass is 188 g/mol. The topological polar surface area (TPSA) is 35.8 Å². The summed E-state index contributed by atoms with van der Waals surface area (Å²) in [6.45, 7) is 4.15. The lowest BCUT2D eigenvalue weighted by atomic mass is 10.1. The van der Waals surface area contributed by atoms with Crippen molar-refractivity contribution in [3.63, 3.8) is 0 Å². The Labute approximate surface area is 85.6 Å². The normalized spacial score (nSPS) is 11.8. The Morgan fingerprint density at radius 1 is 1.36 bits per heavy atom. The molecule has 0 fully saturated rings. The second-order valence-corrected chi connectivity index (χ2v) is 3.48. The van der Waals surface area contributed by atoms with Crippen LogP contribution >= 0.6 is 0 Å². The number of rotatable bonds is 4. The van der Waals surface area contributed by atoms with Gasteiger partial charge in [0.1, 0.15) is 0 Å². The second-order valence-electron chi connectivity index (χ2n) is 3.48. The molecule has 14 heavy (non-hydrogen) atoms. The van der Waals surface area contributed by atoms with E-state index in [0.29, 0.717) is 6.42 Å². The van der Waals surface area contributed by atoms with Crippen LogP contribution in [0.25, 0.3) is 0 Å². The summed E-state index contributed by atoms with van der Waals surface area (Å²) in [4.78, 5) is 0. The van der Waals surface area contributed by atoms with Gasteiger partial charge in [0.25, 0.3) is 0 Å². The smallest absolute Gasteiger partial charge is 0.0643 e. The lowest BCUT2D eigenvalue weighted by molar-refractivity contribution is 0.711. The van der Waals surface area contributed by atoms with Gasteiger partial charge in [-0.1, -0.05) is 24.6 Å². The molecule has 0 amide bonds. The average molecular weight is 188 g/mol. The number of hydrogen-bond acceptors (Lipinski definition) is 2. The molecule has 1 atom stereocenters. The van der Waals surface area contributed by atoms with Gasteiger partial charge in [-0.3, -0.25) is 0 Å². The minimum atomic E-state index is 0.266. The number of nitrogens with zero attached hydrogens (tertiary/aromatic N) is 1. The molecule has 0 heterocycles. The SMILES string of the molecule is CC[C@H](CC#N)Nc1ccc(C)cc1. The van der Waals surface area contributed by atoms with E-state index < -0.39 is 0 Å². The Kier molecular flexibility index (Phi) is 4.00. The molecule has 1 N–H and O–H groups in total. The Hall–Kier alpha value is -1.49. The van der Waals surface area contributed by atoms with Crippen molar-refractivity contribution in [2.75, 3.05) is 5.32 Å². The molecule has 0 bridgehead atoms. The number of nitrogens with one attached hydrogen (secondary N) is 1. The van der Waals surface area contributed by atoms with E-state index in [1.54, 1.807) is 0 Å². The molecule has 0 spiro atoms. The Balaban J connectivity index is 2.59. The van der Waals surface area contributed by atoms with Crippen LogP contribution < -0.4 is 5.32 Å². The molecule has 0 aliphatic rings. The van der Waals surface area contributed by atoms with E-state index in [1.165, 1.54) is 5.56 Å². The molecule has 0 radical (unpaired) electrons. The van der Waals surface area contributed by atoms with Gasteiger partial charge in [0.2, 0.25) is 0 Å². The van der Waals surface area contributed by atoms with Crippen molar-refractivity contribution in [2.45, 2.75) is 32.7 Å². The number of anilines is 1. The number of hydrogen-bond donors (Lipinski definition) is 1. The van der Waals surface area contributed by atoms with Crippen molar-refractivity contribution in [1.29, 1.82) is 5.26 Å². The largest absolute Gasteiger partial charge is 0.381 e. The van der Waals surface area contributed by atoms with Crippen molar-refractivity contribution in [1.82, 2.24) is 0 Å². The molecule has 74 valence electrons. The quantitative estimate of drug-likeness (QED) is 0.788. The van der Waals surface area contributed by atoms with Crippen LogP contribution in [0.3, 0.4) is 0 Å². The summed E-state index contributed by atoms with van der Waals surface area (Å²) in [7, 11) is 0. The molecule has 0 saturated heterocycles. The second kappa shape index (κ2) is 5.29. The van der Waals surface area contributed by atoms with Crippen LogP contribution in [-0.4, -0.2) is 6.04 Å². The summed E-state index contributed by atoms with van der Waals surface area (Å²) in [5.41, 5.74) is 2.35. The summed E-state index contributed by atoms with van der Waals surface area (Å²) in [6.07, 6.45) is 1.53. The average Bonchev–Trinajstić information content (AvgIpc) is 2.20. The van der Waals surface area contributed by atoms with Gasteiger partial charge in [0, 0.05) is 11.7 Å². The van der Waals surface area contributed by atoms with Gasteiger partial charge in [0.15, 0.2) is 0 Å². The van der Waals surface area contributed by atoms with Crippen LogP contribution in [0.2, 0.25) is 0 Å². The van der Waals surface area contributed by atoms with Crippen LogP contribution in [0, 0.1) is 18.3 Å². The molecule has 0 aliphatic heterocycles. The standard InChI is InChI=1S/C12H16N2/c1-3-11(8-9-13)14-12-6-4-10(2)5-7-12/h4-7,11,14H,3,8H2,1-2H3/t11-/m1/s1. The van der Waals surface area contributed by atoms with Crippen LogP contribution in [0.5, 0.6) is 0 Å². The highest BCUT2D eigenvalue weighted by molar-refractivity contribution is 5.45. The number of nitriles is 1. The van der Waals surface area contributed by atoms with E-state index >= 15 is 0 Å². The zero-order valence-corrected chi connectivity index (χ0v) is 8.75. The Morgan fingerprint density at radius 3 is 2.50 bits per heavy atom. The van der Waals surface area contributed by atoms with Gasteiger partial charge >= 0.3 is 0 Å². The van der Waals surface area contributed by atoms with E-state index in [4.69, 9.17) is 5.26 Å². The van der Waals surface area contributed by atoms with Crippen molar-refractivity contribution in [2.24, 2.45) is 0 Å². The molecular formula is C12H16N2. The zero-order chi connectivity index (χ0) is 10.4. The van der Waals surface area contributed by atoms with E-state index in [2.05, 4.69) is 49.5 Å². The highest BCUT2D eigenvalue weighted by Gasteiger charge is 2.04. The summed E-state index contributed by atoms with van der Waals surface area (Å²) in [6, 6.07) is 10.7. The highest BCUT2D eigenvalue weighted by Crippen LogP contribution is 2.12. The van der Waals surface area contributed by atoms with E-state index in [-0.39, 0.29) is 6.04 Å². The molecule has 0 aromatic heterocycles. The molecule has 2 nitrogen and oxygen atoms in total. The first kappa shape index (κ1) is 10.6. The van der Waals surface area contributed by atoms with Gasteiger partial charge in [-0.05, 0) is 25.5 Å². The minimum absolute atomic E-state index is 0.266. The zero-order valence-electron chi connectivity index (χ0n) is 8.75. The fourth-order valence-corrected chi connectivity index (χ4v) is 1.29. The van der Waals surface area contributed by atoms with Crippen molar-refractivity contribution in [3.8, 4) is 6.07 Å².